The minimum atomic E-state index is -0.531. The van der Waals surface area contributed by atoms with Crippen LogP contribution in [0.2, 0.25) is 0 Å². The van der Waals surface area contributed by atoms with Crippen molar-refractivity contribution in [2.24, 2.45) is 0 Å². The Morgan fingerprint density at radius 3 is 2.73 bits per heavy atom. The molecule has 0 bridgehead atoms. The van der Waals surface area contributed by atoms with Crippen LogP contribution in [-0.4, -0.2) is 61.0 Å². The number of rotatable bonds is 3. The molecule has 0 aliphatic carbocycles. The van der Waals surface area contributed by atoms with Gasteiger partial charge in [0, 0.05) is 31.7 Å². The molecule has 1 N–H and O–H groups in total. The smallest absolute Gasteiger partial charge is 0.410 e. The number of H-pyrrole nitrogens is 1. The van der Waals surface area contributed by atoms with Gasteiger partial charge in [-0.2, -0.15) is 10.1 Å². The Labute approximate surface area is 190 Å². The van der Waals surface area contributed by atoms with Crippen LogP contribution in [0.3, 0.4) is 0 Å². The van der Waals surface area contributed by atoms with Crippen LogP contribution in [0.25, 0.3) is 17.0 Å². The molecular formula is C22H28N6O5. The lowest BCUT2D eigenvalue weighted by molar-refractivity contribution is 0.0203. The summed E-state index contributed by atoms with van der Waals surface area (Å²) in [5.74, 6) is 0.881. The molecule has 2 aliphatic heterocycles. The molecule has 1 amide bonds. The number of piperidine rings is 1. The number of ether oxygens (including phenoxy) is 2. The Kier molecular flexibility index (Phi) is 5.43. The number of fused-ring (bicyclic) bond motifs is 1. The number of nitrogens with one attached hydrogen (secondary N) is 1. The molecule has 11 nitrogen and oxygen atoms in total. The first kappa shape index (κ1) is 21.6. The molecule has 0 spiro atoms. The van der Waals surface area contributed by atoms with E-state index in [1.54, 1.807) is 21.7 Å². The Hall–Kier alpha value is -3.21. The molecule has 5 heterocycles. The van der Waals surface area contributed by atoms with Crippen molar-refractivity contribution in [1.29, 1.82) is 0 Å². The number of carbonyl (C=O) groups is 1. The van der Waals surface area contributed by atoms with Crippen molar-refractivity contribution in [2.45, 2.75) is 64.1 Å². The molecule has 2 aliphatic rings. The third kappa shape index (κ3) is 4.37. The maximum absolute atomic E-state index is 12.5. The highest BCUT2D eigenvalue weighted by Gasteiger charge is 2.30. The molecule has 3 aromatic heterocycles. The SMILES string of the molecule is CC(C)(C)OC(=O)N1CCC(c2cc(=O)[nH]c3c(-c4noc(C5CCCO5)n4)cnn23)CC1. The standard InChI is InChI=1S/C22H28N6O5/c1-22(2,3)32-21(30)27-8-6-13(7-9-27)15-11-17(29)24-19-14(12-23-28(15)19)18-25-20(33-26-18)16-5-4-10-31-16/h11-13,16H,4-10H2,1-3H3,(H,24,29). The first-order chi connectivity index (χ1) is 15.8. The Morgan fingerprint density at radius 2 is 2.03 bits per heavy atom. The van der Waals surface area contributed by atoms with Gasteiger partial charge >= 0.3 is 6.09 Å². The Balaban J connectivity index is 1.38. The van der Waals surface area contributed by atoms with E-state index < -0.39 is 5.60 Å². The minimum absolute atomic E-state index is 0.0777. The topological polar surface area (TPSA) is 128 Å². The number of nitrogens with zero attached hydrogens (tertiary/aromatic N) is 5. The van der Waals surface area contributed by atoms with Gasteiger partial charge < -0.3 is 23.9 Å². The lowest BCUT2D eigenvalue weighted by atomic mass is 9.93. The van der Waals surface area contributed by atoms with Crippen LogP contribution >= 0.6 is 0 Å². The van der Waals surface area contributed by atoms with Crippen LogP contribution in [-0.2, 0) is 9.47 Å². The zero-order chi connectivity index (χ0) is 23.2. The molecule has 0 aromatic carbocycles. The van der Waals surface area contributed by atoms with E-state index in [1.807, 2.05) is 20.8 Å². The molecule has 2 fully saturated rings. The summed E-state index contributed by atoms with van der Waals surface area (Å²) >= 11 is 0. The Morgan fingerprint density at radius 1 is 1.24 bits per heavy atom. The second-order valence-corrected chi connectivity index (χ2v) is 9.58. The summed E-state index contributed by atoms with van der Waals surface area (Å²) in [5.41, 5.74) is 1.15. The fourth-order valence-corrected chi connectivity index (χ4v) is 4.40. The van der Waals surface area contributed by atoms with Crippen molar-refractivity contribution in [1.82, 2.24) is 29.6 Å². The van der Waals surface area contributed by atoms with E-state index in [2.05, 4.69) is 20.2 Å². The van der Waals surface area contributed by atoms with E-state index >= 15 is 0 Å². The van der Waals surface area contributed by atoms with Gasteiger partial charge in [0.15, 0.2) is 0 Å². The van der Waals surface area contributed by atoms with E-state index in [1.165, 1.54) is 0 Å². The average Bonchev–Trinajstić information content (AvgIpc) is 3.51. The molecule has 5 rings (SSSR count). The summed E-state index contributed by atoms with van der Waals surface area (Å²) in [7, 11) is 0. The van der Waals surface area contributed by atoms with Gasteiger partial charge in [0.1, 0.15) is 17.4 Å². The lowest BCUT2D eigenvalue weighted by Gasteiger charge is -2.33. The lowest BCUT2D eigenvalue weighted by Crippen LogP contribution is -2.41. The van der Waals surface area contributed by atoms with Crippen LogP contribution in [0.4, 0.5) is 4.79 Å². The second-order valence-electron chi connectivity index (χ2n) is 9.58. The normalized spacial score (nSPS) is 20.0. The summed E-state index contributed by atoms with van der Waals surface area (Å²) in [6, 6.07) is 1.58. The molecule has 11 heteroatoms. The molecule has 33 heavy (non-hydrogen) atoms. The zero-order valence-corrected chi connectivity index (χ0v) is 19.0. The average molecular weight is 457 g/mol. The molecule has 176 valence electrons. The van der Waals surface area contributed by atoms with Gasteiger partial charge in [-0.1, -0.05) is 5.16 Å². The van der Waals surface area contributed by atoms with Gasteiger partial charge in [-0.15, -0.1) is 0 Å². The fraction of sp³-hybridized carbons (Fsp3) is 0.591. The van der Waals surface area contributed by atoms with Crippen LogP contribution in [0, 0.1) is 0 Å². The number of carbonyl (C=O) groups excluding carboxylic acids is 1. The number of aromatic nitrogens is 5. The highest BCUT2D eigenvalue weighted by molar-refractivity contribution is 5.72. The minimum Gasteiger partial charge on any atom is -0.444 e. The summed E-state index contributed by atoms with van der Waals surface area (Å²) in [5, 5.41) is 8.59. The molecular weight excluding hydrogens is 428 g/mol. The maximum atomic E-state index is 12.5. The second kappa shape index (κ2) is 8.29. The molecule has 2 saturated heterocycles. The highest BCUT2D eigenvalue weighted by atomic mass is 16.6. The maximum Gasteiger partial charge on any atom is 0.410 e. The Bertz CT molecular complexity index is 1210. The monoisotopic (exact) mass is 456 g/mol. The van der Waals surface area contributed by atoms with Gasteiger partial charge in [0.25, 0.3) is 11.4 Å². The summed E-state index contributed by atoms with van der Waals surface area (Å²) in [4.78, 5) is 33.9. The van der Waals surface area contributed by atoms with Crippen LogP contribution in [0.15, 0.2) is 21.6 Å². The summed E-state index contributed by atoms with van der Waals surface area (Å²) < 4.78 is 18.2. The predicted molar refractivity (Wildman–Crippen MR) is 117 cm³/mol. The quantitative estimate of drug-likeness (QED) is 0.637. The summed E-state index contributed by atoms with van der Waals surface area (Å²) in [6.07, 6.45) is 4.36. The van der Waals surface area contributed by atoms with E-state index in [0.29, 0.717) is 55.5 Å². The van der Waals surface area contributed by atoms with Crippen molar-refractivity contribution in [2.75, 3.05) is 19.7 Å². The van der Waals surface area contributed by atoms with E-state index in [9.17, 15) is 9.59 Å². The predicted octanol–water partition coefficient (Wildman–Crippen LogP) is 3.04. The number of aromatic amines is 1. The van der Waals surface area contributed by atoms with Crippen LogP contribution in [0.1, 0.15) is 70.1 Å². The molecule has 1 unspecified atom stereocenters. The van der Waals surface area contributed by atoms with E-state index in [0.717, 1.165) is 18.5 Å². The first-order valence-electron chi connectivity index (χ1n) is 11.3. The van der Waals surface area contributed by atoms with Gasteiger partial charge in [-0.05, 0) is 46.5 Å². The molecule has 1 atom stereocenters. The number of amides is 1. The van der Waals surface area contributed by atoms with Gasteiger partial charge in [0.05, 0.1) is 17.5 Å². The van der Waals surface area contributed by atoms with E-state index in [4.69, 9.17) is 14.0 Å². The van der Waals surface area contributed by atoms with Gasteiger partial charge in [0.2, 0.25) is 5.82 Å². The summed E-state index contributed by atoms with van der Waals surface area (Å²) in [6.45, 7) is 7.35. The van der Waals surface area contributed by atoms with Crippen molar-refractivity contribution >= 4 is 11.7 Å². The molecule has 3 aromatic rings. The van der Waals surface area contributed by atoms with Gasteiger partial charge in [-0.25, -0.2) is 9.31 Å². The molecule has 0 radical (unpaired) electrons. The third-order valence-corrected chi connectivity index (χ3v) is 5.99. The van der Waals surface area contributed by atoms with Crippen LogP contribution in [0.5, 0.6) is 0 Å². The zero-order valence-electron chi connectivity index (χ0n) is 19.0. The highest BCUT2D eigenvalue weighted by Crippen LogP contribution is 2.32. The molecule has 0 saturated carbocycles. The van der Waals surface area contributed by atoms with E-state index in [-0.39, 0.29) is 23.7 Å². The third-order valence-electron chi connectivity index (χ3n) is 5.99. The first-order valence-corrected chi connectivity index (χ1v) is 11.3. The van der Waals surface area contributed by atoms with Crippen LogP contribution < -0.4 is 5.56 Å². The largest absolute Gasteiger partial charge is 0.444 e. The fourth-order valence-electron chi connectivity index (χ4n) is 4.40. The van der Waals surface area contributed by atoms with Gasteiger partial charge in [-0.3, -0.25) is 4.79 Å². The number of hydrogen-bond donors (Lipinski definition) is 1. The van der Waals surface area contributed by atoms with Crippen molar-refractivity contribution in [3.8, 4) is 11.4 Å². The van der Waals surface area contributed by atoms with Crippen molar-refractivity contribution in [3.63, 3.8) is 0 Å². The number of hydrogen-bond acceptors (Lipinski definition) is 8. The van der Waals surface area contributed by atoms with Crippen molar-refractivity contribution in [3.05, 3.63) is 34.2 Å². The number of likely N-dealkylation sites (tertiary alicyclic amines) is 1. The van der Waals surface area contributed by atoms with Crippen molar-refractivity contribution < 1.29 is 18.8 Å².